The topological polar surface area (TPSA) is 115 Å². The predicted octanol–water partition coefficient (Wildman–Crippen LogP) is 4.56. The van der Waals surface area contributed by atoms with Gasteiger partial charge in [-0.1, -0.05) is 54.6 Å². The Labute approximate surface area is 206 Å². The molecule has 0 atom stereocenters. The first-order valence-electron chi connectivity index (χ1n) is 11.2. The number of para-hydroxylation sites is 1. The third-order valence-corrected chi connectivity index (χ3v) is 5.60. The highest BCUT2D eigenvalue weighted by molar-refractivity contribution is 5.96. The first-order valence-corrected chi connectivity index (χ1v) is 11.2. The molecule has 1 aliphatic heterocycles. The van der Waals surface area contributed by atoms with E-state index in [2.05, 4.69) is 15.5 Å². The van der Waals surface area contributed by atoms with Crippen LogP contribution in [0.15, 0.2) is 89.1 Å². The number of carbonyl (C=O) groups excluding carboxylic acids is 2. The lowest BCUT2D eigenvalue weighted by molar-refractivity contribution is -0.122. The van der Waals surface area contributed by atoms with Crippen molar-refractivity contribution in [3.05, 3.63) is 90.0 Å². The molecule has 5 rings (SSSR count). The summed E-state index contributed by atoms with van der Waals surface area (Å²) in [7, 11) is 0. The molecular formula is C27H22N4O5. The van der Waals surface area contributed by atoms with Gasteiger partial charge in [0, 0.05) is 11.5 Å². The molecule has 1 aromatic heterocycles. The Morgan fingerprint density at radius 2 is 1.78 bits per heavy atom. The maximum atomic E-state index is 12.2. The Hall–Kier alpha value is -4.92. The smallest absolute Gasteiger partial charge is 0.283 e. The van der Waals surface area contributed by atoms with Gasteiger partial charge in [-0.25, -0.2) is 0 Å². The number of carbonyl (C=O) groups is 2. The molecule has 3 aromatic carbocycles. The fraction of sp³-hybridized carbons (Fsp3) is 0.111. The summed E-state index contributed by atoms with van der Waals surface area (Å²) < 4.78 is 12.5. The van der Waals surface area contributed by atoms with Gasteiger partial charge in [0.05, 0.1) is 12.1 Å². The number of amides is 2. The van der Waals surface area contributed by atoms with Gasteiger partial charge in [0.15, 0.2) is 17.2 Å². The van der Waals surface area contributed by atoms with E-state index in [0.717, 1.165) is 16.6 Å². The molecule has 0 fully saturated rings. The number of azo groups is 1. The predicted molar refractivity (Wildman–Crippen MR) is 133 cm³/mol. The fourth-order valence-corrected chi connectivity index (χ4v) is 3.85. The Morgan fingerprint density at radius 1 is 1.00 bits per heavy atom. The second kappa shape index (κ2) is 10.1. The molecule has 0 unspecified atom stereocenters. The zero-order valence-corrected chi connectivity index (χ0v) is 19.1. The van der Waals surface area contributed by atoms with Crippen molar-refractivity contribution in [3.63, 3.8) is 0 Å². The second-order valence-corrected chi connectivity index (χ2v) is 8.02. The van der Waals surface area contributed by atoms with E-state index in [-0.39, 0.29) is 24.9 Å². The van der Waals surface area contributed by atoms with Crippen LogP contribution in [0.1, 0.15) is 11.1 Å². The molecule has 180 valence electrons. The molecule has 0 saturated heterocycles. The van der Waals surface area contributed by atoms with Gasteiger partial charge < -0.3 is 24.5 Å². The number of aromatic nitrogens is 1. The van der Waals surface area contributed by atoms with Gasteiger partial charge in [0.2, 0.25) is 18.6 Å². The minimum Gasteiger partial charge on any atom is -0.493 e. The Kier molecular flexibility index (Phi) is 6.44. The minimum atomic E-state index is -0.650. The number of fused-ring (bicyclic) bond motifs is 2. The Bertz CT molecular complexity index is 1490. The SMILES string of the molecule is O=C(CNC(=O)C=Cc1ccccc1)N=Nc1c(O)n(Cc2ccc3c(c2)OCO3)c2ccccc12. The monoisotopic (exact) mass is 482 g/mol. The van der Waals surface area contributed by atoms with E-state index in [4.69, 9.17) is 9.47 Å². The average molecular weight is 482 g/mol. The molecule has 9 heteroatoms. The standard InChI is InChI=1S/C27H22N4O5/c32-24(13-11-18-6-2-1-3-7-18)28-15-25(33)29-30-26-20-8-4-5-9-21(20)31(27(26)34)16-19-10-12-22-23(14-19)36-17-35-22/h1-14,34H,15-17H2,(H,28,32). The normalized spacial score (nSPS) is 12.6. The summed E-state index contributed by atoms with van der Waals surface area (Å²) in [5.41, 5.74) is 2.66. The van der Waals surface area contributed by atoms with Crippen molar-refractivity contribution in [2.75, 3.05) is 13.3 Å². The van der Waals surface area contributed by atoms with Crippen molar-refractivity contribution in [1.29, 1.82) is 0 Å². The number of benzene rings is 3. The zero-order valence-electron chi connectivity index (χ0n) is 19.1. The molecule has 0 bridgehead atoms. The highest BCUT2D eigenvalue weighted by atomic mass is 16.7. The summed E-state index contributed by atoms with van der Waals surface area (Å²) in [6, 6.07) is 22.2. The lowest BCUT2D eigenvalue weighted by Crippen LogP contribution is -2.26. The van der Waals surface area contributed by atoms with Gasteiger partial charge >= 0.3 is 0 Å². The maximum Gasteiger partial charge on any atom is 0.283 e. The molecule has 36 heavy (non-hydrogen) atoms. The first-order chi connectivity index (χ1) is 17.6. The molecule has 0 saturated carbocycles. The summed E-state index contributed by atoms with van der Waals surface area (Å²) in [5.74, 6) is 0.125. The molecule has 9 nitrogen and oxygen atoms in total. The van der Waals surface area contributed by atoms with Crippen molar-refractivity contribution < 1.29 is 24.2 Å². The zero-order chi connectivity index (χ0) is 24.9. The summed E-state index contributed by atoms with van der Waals surface area (Å²) in [6.45, 7) is 0.202. The summed E-state index contributed by atoms with van der Waals surface area (Å²) in [6.07, 6.45) is 2.99. The highest BCUT2D eigenvalue weighted by Crippen LogP contribution is 2.40. The molecule has 4 aromatic rings. The number of ether oxygens (including phenoxy) is 2. The molecular weight excluding hydrogens is 460 g/mol. The van der Waals surface area contributed by atoms with E-state index < -0.39 is 11.8 Å². The highest BCUT2D eigenvalue weighted by Gasteiger charge is 2.19. The summed E-state index contributed by atoms with van der Waals surface area (Å²) in [4.78, 5) is 24.2. The van der Waals surface area contributed by atoms with E-state index in [0.29, 0.717) is 23.4 Å². The first kappa shape index (κ1) is 22.9. The largest absolute Gasteiger partial charge is 0.493 e. The van der Waals surface area contributed by atoms with Gasteiger partial charge in [-0.05, 0) is 35.4 Å². The van der Waals surface area contributed by atoms with Crippen LogP contribution in [0.25, 0.3) is 17.0 Å². The van der Waals surface area contributed by atoms with E-state index in [1.54, 1.807) is 16.7 Å². The van der Waals surface area contributed by atoms with Crippen LogP contribution in [-0.4, -0.2) is 34.8 Å². The minimum absolute atomic E-state index is 0.125. The van der Waals surface area contributed by atoms with Gasteiger partial charge in [-0.2, -0.15) is 0 Å². The average Bonchev–Trinajstić information content (AvgIpc) is 3.48. The lowest BCUT2D eigenvalue weighted by atomic mass is 10.2. The van der Waals surface area contributed by atoms with E-state index in [1.165, 1.54) is 6.08 Å². The third-order valence-electron chi connectivity index (χ3n) is 5.60. The number of nitrogens with one attached hydrogen (secondary N) is 1. The number of nitrogens with zero attached hydrogens (tertiary/aromatic N) is 3. The molecule has 2 N–H and O–H groups in total. The van der Waals surface area contributed by atoms with E-state index in [9.17, 15) is 14.7 Å². The van der Waals surface area contributed by atoms with Crippen molar-refractivity contribution in [2.24, 2.45) is 10.2 Å². The van der Waals surface area contributed by atoms with Gasteiger partial charge in [0.25, 0.3) is 5.91 Å². The Morgan fingerprint density at radius 3 is 2.64 bits per heavy atom. The van der Waals surface area contributed by atoms with Crippen molar-refractivity contribution in [3.8, 4) is 17.4 Å². The van der Waals surface area contributed by atoms with Crippen LogP contribution in [0.2, 0.25) is 0 Å². The Balaban J connectivity index is 1.29. The fourth-order valence-electron chi connectivity index (χ4n) is 3.85. The maximum absolute atomic E-state index is 12.2. The van der Waals surface area contributed by atoms with Crippen molar-refractivity contribution in [2.45, 2.75) is 6.54 Å². The second-order valence-electron chi connectivity index (χ2n) is 8.02. The number of hydrogen-bond donors (Lipinski definition) is 2. The van der Waals surface area contributed by atoms with Crippen LogP contribution in [0, 0.1) is 0 Å². The molecule has 2 heterocycles. The van der Waals surface area contributed by atoms with Crippen LogP contribution in [-0.2, 0) is 16.1 Å². The molecule has 2 amide bonds. The number of aromatic hydroxyl groups is 1. The molecule has 0 spiro atoms. The number of rotatable bonds is 7. The van der Waals surface area contributed by atoms with Crippen LogP contribution in [0.3, 0.4) is 0 Å². The third kappa shape index (κ3) is 4.95. The van der Waals surface area contributed by atoms with Crippen LogP contribution >= 0.6 is 0 Å². The molecule has 0 radical (unpaired) electrons. The quantitative estimate of drug-likeness (QED) is 0.296. The van der Waals surface area contributed by atoms with E-state index in [1.807, 2.05) is 66.7 Å². The van der Waals surface area contributed by atoms with Crippen LogP contribution in [0.4, 0.5) is 5.69 Å². The summed E-state index contributed by atoms with van der Waals surface area (Å²) >= 11 is 0. The van der Waals surface area contributed by atoms with Crippen LogP contribution in [0.5, 0.6) is 17.4 Å². The lowest BCUT2D eigenvalue weighted by Gasteiger charge is -2.08. The molecule has 0 aliphatic carbocycles. The summed E-state index contributed by atoms with van der Waals surface area (Å²) in [5, 5.41) is 21.8. The van der Waals surface area contributed by atoms with Crippen molar-refractivity contribution >= 4 is 34.5 Å². The van der Waals surface area contributed by atoms with Gasteiger partial charge in [-0.3, -0.25) is 9.59 Å². The van der Waals surface area contributed by atoms with Crippen LogP contribution < -0.4 is 14.8 Å². The van der Waals surface area contributed by atoms with Crippen molar-refractivity contribution in [1.82, 2.24) is 9.88 Å². The number of hydrogen-bond acceptors (Lipinski definition) is 6. The van der Waals surface area contributed by atoms with Gasteiger partial charge in [0.1, 0.15) is 6.54 Å². The van der Waals surface area contributed by atoms with Gasteiger partial charge in [-0.15, -0.1) is 10.2 Å². The van der Waals surface area contributed by atoms with E-state index >= 15 is 0 Å². The molecule has 1 aliphatic rings.